The maximum atomic E-state index is 5.28. The summed E-state index contributed by atoms with van der Waals surface area (Å²) in [6.07, 6.45) is 1.03. The molecular weight excluding hydrogens is 204 g/mol. The third-order valence-corrected chi connectivity index (χ3v) is 5.39. The van der Waals surface area contributed by atoms with Crippen molar-refractivity contribution in [2.45, 2.75) is 12.5 Å². The van der Waals surface area contributed by atoms with E-state index in [2.05, 4.69) is 6.58 Å². The molecule has 0 saturated carbocycles. The molecule has 3 nitrogen and oxygen atoms in total. The van der Waals surface area contributed by atoms with Crippen molar-refractivity contribution in [1.82, 2.24) is 0 Å². The Kier molecular flexibility index (Phi) is 7.69. The maximum Gasteiger partial charge on any atom is 0.500 e. The second kappa shape index (κ2) is 7.58. The van der Waals surface area contributed by atoms with Crippen molar-refractivity contribution in [3.8, 4) is 0 Å². The molecule has 5 heteroatoms. The van der Waals surface area contributed by atoms with E-state index in [0.29, 0.717) is 0 Å². The van der Waals surface area contributed by atoms with Gasteiger partial charge in [-0.05, 0) is 17.6 Å². The van der Waals surface area contributed by atoms with Crippen LogP contribution in [0.15, 0.2) is 12.0 Å². The summed E-state index contributed by atoms with van der Waals surface area (Å²) < 4.78 is 15.8. The Morgan fingerprint density at radius 2 is 1.77 bits per heavy atom. The van der Waals surface area contributed by atoms with Crippen LogP contribution >= 0.6 is 11.8 Å². The highest BCUT2D eigenvalue weighted by molar-refractivity contribution is 8.02. The van der Waals surface area contributed by atoms with Gasteiger partial charge in [-0.25, -0.2) is 0 Å². The summed E-state index contributed by atoms with van der Waals surface area (Å²) in [5, 5.41) is 1.84. The van der Waals surface area contributed by atoms with Crippen LogP contribution < -0.4 is 0 Å². The second-order valence-corrected chi connectivity index (χ2v) is 6.60. The van der Waals surface area contributed by atoms with E-state index in [4.69, 9.17) is 13.3 Å². The van der Waals surface area contributed by atoms with Crippen LogP contribution in [0.4, 0.5) is 0 Å². The summed E-state index contributed by atoms with van der Waals surface area (Å²) in [6, 6.07) is 0.858. The molecule has 0 aliphatic carbocycles. The fourth-order valence-electron chi connectivity index (χ4n) is 1.01. The van der Waals surface area contributed by atoms with Gasteiger partial charge in [-0.2, -0.15) is 0 Å². The Hall–Kier alpha value is 0.187. The molecule has 0 amide bonds. The lowest BCUT2D eigenvalue weighted by Gasteiger charge is -2.23. The van der Waals surface area contributed by atoms with Crippen molar-refractivity contribution in [2.24, 2.45) is 0 Å². The number of hydrogen-bond donors (Lipinski definition) is 0. The first-order chi connectivity index (χ1) is 6.24. The first-order valence-corrected chi connectivity index (χ1v) is 7.10. The molecule has 0 aromatic rings. The largest absolute Gasteiger partial charge is 0.500 e. The van der Waals surface area contributed by atoms with Gasteiger partial charge in [0, 0.05) is 27.4 Å². The Balaban J connectivity index is 3.74. The monoisotopic (exact) mass is 222 g/mol. The zero-order valence-electron chi connectivity index (χ0n) is 8.54. The summed E-state index contributed by atoms with van der Waals surface area (Å²) in [6.45, 7) is 3.64. The van der Waals surface area contributed by atoms with Crippen LogP contribution in [-0.2, 0) is 13.3 Å². The van der Waals surface area contributed by atoms with E-state index in [1.54, 1.807) is 33.1 Å². The van der Waals surface area contributed by atoms with E-state index in [1.807, 2.05) is 5.41 Å². The SMILES string of the molecule is C=CSCCC[Si](OC)(OC)OC. The van der Waals surface area contributed by atoms with E-state index >= 15 is 0 Å². The van der Waals surface area contributed by atoms with Crippen molar-refractivity contribution in [3.63, 3.8) is 0 Å². The average Bonchev–Trinajstić information content (AvgIpc) is 2.20. The normalized spacial score (nSPS) is 11.6. The van der Waals surface area contributed by atoms with E-state index < -0.39 is 8.80 Å². The lowest BCUT2D eigenvalue weighted by atomic mass is 10.6. The Labute approximate surface area is 85.8 Å². The molecule has 0 fully saturated rings. The molecule has 0 aliphatic heterocycles. The molecule has 0 spiro atoms. The van der Waals surface area contributed by atoms with Crippen LogP contribution in [0.3, 0.4) is 0 Å². The summed E-state index contributed by atoms with van der Waals surface area (Å²) in [4.78, 5) is 0. The molecule has 78 valence electrons. The van der Waals surface area contributed by atoms with Gasteiger partial charge in [0.15, 0.2) is 0 Å². The van der Waals surface area contributed by atoms with Gasteiger partial charge >= 0.3 is 8.80 Å². The lowest BCUT2D eigenvalue weighted by molar-refractivity contribution is 0.123. The maximum absolute atomic E-state index is 5.28. The molecule has 0 saturated heterocycles. The van der Waals surface area contributed by atoms with Gasteiger partial charge < -0.3 is 13.3 Å². The molecule has 0 aromatic heterocycles. The molecule has 0 radical (unpaired) electrons. The highest BCUT2D eigenvalue weighted by Crippen LogP contribution is 2.17. The molecule has 0 bridgehead atoms. The Morgan fingerprint density at radius 1 is 1.23 bits per heavy atom. The molecule has 0 aliphatic rings. The standard InChI is InChI=1S/C8H18O3SSi/c1-5-12-7-6-8-13(9-2,10-3)11-4/h5H,1,6-8H2,2-4H3. The first-order valence-electron chi connectivity index (χ1n) is 4.12. The molecule has 0 rings (SSSR count). The Bertz CT molecular complexity index is 131. The van der Waals surface area contributed by atoms with Crippen LogP contribution in [0.1, 0.15) is 6.42 Å². The van der Waals surface area contributed by atoms with E-state index in [1.165, 1.54) is 0 Å². The predicted octanol–water partition coefficient (Wildman–Crippen LogP) is 2.13. The minimum atomic E-state index is -2.32. The highest BCUT2D eigenvalue weighted by Gasteiger charge is 2.36. The van der Waals surface area contributed by atoms with Crippen LogP contribution in [0.2, 0.25) is 6.04 Å². The van der Waals surface area contributed by atoms with Gasteiger partial charge in [0.05, 0.1) is 0 Å². The number of thioether (sulfide) groups is 1. The molecule has 0 heterocycles. The van der Waals surface area contributed by atoms with E-state index in [9.17, 15) is 0 Å². The number of rotatable bonds is 8. The summed E-state index contributed by atoms with van der Waals surface area (Å²) >= 11 is 1.70. The quantitative estimate of drug-likeness (QED) is 0.464. The van der Waals surface area contributed by atoms with Crippen molar-refractivity contribution >= 4 is 20.6 Å². The van der Waals surface area contributed by atoms with Crippen LogP contribution in [-0.4, -0.2) is 35.9 Å². The minimum absolute atomic E-state index is 0.858. The summed E-state index contributed by atoms with van der Waals surface area (Å²) in [5.41, 5.74) is 0. The zero-order valence-corrected chi connectivity index (χ0v) is 10.4. The van der Waals surface area contributed by atoms with Crippen molar-refractivity contribution in [1.29, 1.82) is 0 Å². The van der Waals surface area contributed by atoms with Gasteiger partial charge in [-0.15, -0.1) is 11.8 Å². The van der Waals surface area contributed by atoms with Crippen LogP contribution in [0, 0.1) is 0 Å². The van der Waals surface area contributed by atoms with Gasteiger partial charge in [0.2, 0.25) is 0 Å². The Morgan fingerprint density at radius 3 is 2.15 bits per heavy atom. The van der Waals surface area contributed by atoms with Crippen LogP contribution in [0.25, 0.3) is 0 Å². The van der Waals surface area contributed by atoms with E-state index in [-0.39, 0.29) is 0 Å². The third kappa shape index (κ3) is 4.83. The minimum Gasteiger partial charge on any atom is -0.377 e. The number of hydrogen-bond acceptors (Lipinski definition) is 4. The van der Waals surface area contributed by atoms with Gasteiger partial charge in [0.25, 0.3) is 0 Å². The fraction of sp³-hybridized carbons (Fsp3) is 0.750. The van der Waals surface area contributed by atoms with Gasteiger partial charge in [-0.3, -0.25) is 0 Å². The molecule has 0 atom stereocenters. The van der Waals surface area contributed by atoms with Gasteiger partial charge in [-0.1, -0.05) is 6.58 Å². The third-order valence-electron chi connectivity index (χ3n) is 1.80. The van der Waals surface area contributed by atoms with E-state index in [0.717, 1.165) is 18.2 Å². The van der Waals surface area contributed by atoms with Crippen molar-refractivity contribution in [2.75, 3.05) is 27.1 Å². The topological polar surface area (TPSA) is 27.7 Å². The van der Waals surface area contributed by atoms with Crippen molar-refractivity contribution < 1.29 is 13.3 Å². The molecule has 0 unspecified atom stereocenters. The zero-order chi connectivity index (χ0) is 10.2. The predicted molar refractivity (Wildman–Crippen MR) is 58.9 cm³/mol. The molecular formula is C8H18O3SSi. The lowest BCUT2D eigenvalue weighted by Crippen LogP contribution is -2.42. The summed E-state index contributed by atoms with van der Waals surface area (Å²) in [7, 11) is 2.60. The van der Waals surface area contributed by atoms with Gasteiger partial charge in [0.1, 0.15) is 0 Å². The van der Waals surface area contributed by atoms with Crippen LogP contribution in [0.5, 0.6) is 0 Å². The average molecular weight is 222 g/mol. The molecule has 13 heavy (non-hydrogen) atoms. The molecule has 0 N–H and O–H groups in total. The second-order valence-electron chi connectivity index (χ2n) is 2.44. The smallest absolute Gasteiger partial charge is 0.377 e. The fourth-order valence-corrected chi connectivity index (χ4v) is 3.47. The highest BCUT2D eigenvalue weighted by atomic mass is 32.2. The van der Waals surface area contributed by atoms with Crippen molar-refractivity contribution in [3.05, 3.63) is 12.0 Å². The summed E-state index contributed by atoms with van der Waals surface area (Å²) in [5.74, 6) is 1.04. The first kappa shape index (κ1) is 13.2. The molecule has 0 aromatic carbocycles.